The molecule has 0 bridgehead atoms. The minimum Gasteiger partial charge on any atom is -0.474 e. The lowest BCUT2D eigenvalue weighted by molar-refractivity contribution is 0.00345. The van der Waals surface area contributed by atoms with Crippen LogP contribution in [0.2, 0.25) is 0 Å². The first-order valence-electron chi connectivity index (χ1n) is 9.50. The largest absolute Gasteiger partial charge is 0.474 e. The number of ether oxygens (including phenoxy) is 2. The smallest absolute Gasteiger partial charge is 0.410 e. The summed E-state index contributed by atoms with van der Waals surface area (Å²) in [7, 11) is 0. The van der Waals surface area contributed by atoms with Crippen LogP contribution in [-0.4, -0.2) is 46.4 Å². The van der Waals surface area contributed by atoms with Crippen LogP contribution in [0.15, 0.2) is 24.3 Å². The number of benzene rings is 1. The number of rotatable bonds is 1. The van der Waals surface area contributed by atoms with Crippen LogP contribution < -0.4 is 0 Å². The van der Waals surface area contributed by atoms with Crippen molar-refractivity contribution < 1.29 is 14.3 Å². The maximum Gasteiger partial charge on any atom is 0.410 e. The van der Waals surface area contributed by atoms with Gasteiger partial charge in [-0.25, -0.2) is 4.79 Å². The average Bonchev–Trinajstić information content (AvgIpc) is 2.84. The van der Waals surface area contributed by atoms with Gasteiger partial charge in [0, 0.05) is 24.4 Å². The zero-order valence-electron chi connectivity index (χ0n) is 16.8. The Hall–Kier alpha value is -1.27. The second-order valence-corrected chi connectivity index (χ2v) is 9.90. The number of hydrogen-bond donors (Lipinski definition) is 0. The molecule has 0 aromatic heterocycles. The molecule has 1 aromatic rings. The summed E-state index contributed by atoms with van der Waals surface area (Å²) in [6.45, 7) is 9.26. The van der Waals surface area contributed by atoms with Crippen molar-refractivity contribution in [1.29, 1.82) is 0 Å². The molecule has 2 unspecified atom stereocenters. The van der Waals surface area contributed by atoms with E-state index in [-0.39, 0.29) is 23.5 Å². The van der Waals surface area contributed by atoms with Crippen LogP contribution in [-0.2, 0) is 14.9 Å². The molecule has 27 heavy (non-hydrogen) atoms. The number of carbonyl (C=O) groups is 1. The highest BCUT2D eigenvalue weighted by Crippen LogP contribution is 2.53. The average molecular weight is 408 g/mol. The van der Waals surface area contributed by atoms with Crippen molar-refractivity contribution in [1.82, 2.24) is 4.90 Å². The molecule has 1 heterocycles. The van der Waals surface area contributed by atoms with E-state index in [1.807, 2.05) is 31.9 Å². The highest BCUT2D eigenvalue weighted by Gasteiger charge is 2.54. The Morgan fingerprint density at radius 3 is 2.48 bits per heavy atom. The zero-order valence-corrected chi connectivity index (χ0v) is 18.4. The summed E-state index contributed by atoms with van der Waals surface area (Å²) in [5, 5.41) is 0. The van der Waals surface area contributed by atoms with Gasteiger partial charge in [-0.15, -0.1) is 0 Å². The minimum atomic E-state index is -0.475. The maximum atomic E-state index is 12.5. The fourth-order valence-corrected chi connectivity index (χ4v) is 4.78. The number of carbonyl (C=O) groups excluding carboxylic acids is 1. The molecule has 148 valence electrons. The molecule has 1 aliphatic heterocycles. The quantitative estimate of drug-likeness (QED) is 0.605. The number of thioether (sulfide) groups is 1. The predicted molar refractivity (Wildman–Crippen MR) is 115 cm³/mol. The molecule has 1 saturated heterocycles. The highest BCUT2D eigenvalue weighted by molar-refractivity contribution is 8.22. The molecule has 0 radical (unpaired) electrons. The number of likely N-dealkylation sites (tertiary alicyclic amines) is 1. The second kappa shape index (κ2) is 7.63. The van der Waals surface area contributed by atoms with Gasteiger partial charge in [0.25, 0.3) is 0 Å². The number of thiocarbonyl (C=S) groups is 1. The Labute approximate surface area is 172 Å². The molecule has 1 aliphatic carbocycles. The van der Waals surface area contributed by atoms with Gasteiger partial charge in [-0.3, -0.25) is 0 Å². The molecule has 4 nitrogen and oxygen atoms in total. The highest BCUT2D eigenvalue weighted by atomic mass is 32.2. The number of amides is 1. The van der Waals surface area contributed by atoms with Crippen molar-refractivity contribution in [3.8, 4) is 0 Å². The topological polar surface area (TPSA) is 38.8 Å². The van der Waals surface area contributed by atoms with Crippen molar-refractivity contribution in [3.05, 3.63) is 35.4 Å². The summed E-state index contributed by atoms with van der Waals surface area (Å²) in [5.74, 6) is 0.277. The van der Waals surface area contributed by atoms with Gasteiger partial charge in [0.2, 0.25) is 4.38 Å². The first-order valence-corrected chi connectivity index (χ1v) is 11.1. The van der Waals surface area contributed by atoms with Crippen molar-refractivity contribution in [2.75, 3.05) is 19.3 Å². The van der Waals surface area contributed by atoms with Gasteiger partial charge < -0.3 is 14.4 Å². The van der Waals surface area contributed by atoms with E-state index < -0.39 is 5.60 Å². The number of fused-ring (bicyclic) bond motifs is 2. The molecule has 0 N–H and O–H groups in total. The predicted octanol–water partition coefficient (Wildman–Crippen LogP) is 5.11. The Morgan fingerprint density at radius 2 is 1.89 bits per heavy atom. The first-order chi connectivity index (χ1) is 12.7. The molecule has 6 heteroatoms. The summed E-state index contributed by atoms with van der Waals surface area (Å²) < 4.78 is 12.4. The van der Waals surface area contributed by atoms with Gasteiger partial charge >= 0.3 is 6.09 Å². The molecular formula is C21H29NO3S2. The molecule has 1 aromatic carbocycles. The van der Waals surface area contributed by atoms with Gasteiger partial charge in [-0.05, 0) is 63.2 Å². The zero-order chi connectivity index (χ0) is 19.8. The molecule has 2 aliphatic rings. The van der Waals surface area contributed by atoms with E-state index in [1.54, 1.807) is 0 Å². The summed E-state index contributed by atoms with van der Waals surface area (Å²) in [6.07, 6.45) is 3.45. The van der Waals surface area contributed by atoms with Crippen molar-refractivity contribution in [2.45, 2.75) is 63.6 Å². The molecule has 1 amide bonds. The fraction of sp³-hybridized carbons (Fsp3) is 0.619. The monoisotopic (exact) mass is 407 g/mol. The van der Waals surface area contributed by atoms with Crippen LogP contribution in [0.1, 0.15) is 57.6 Å². The Kier molecular flexibility index (Phi) is 5.78. The molecule has 1 spiro atoms. The van der Waals surface area contributed by atoms with Crippen molar-refractivity contribution >= 4 is 34.5 Å². The van der Waals surface area contributed by atoms with E-state index in [1.165, 1.54) is 22.9 Å². The van der Waals surface area contributed by atoms with E-state index in [2.05, 4.69) is 31.2 Å². The summed E-state index contributed by atoms with van der Waals surface area (Å²) in [5.41, 5.74) is 2.12. The Balaban J connectivity index is 1.84. The number of piperidine rings is 1. The Bertz CT molecular complexity index is 720. The third-order valence-corrected chi connectivity index (χ3v) is 6.71. The van der Waals surface area contributed by atoms with Crippen LogP contribution in [0, 0.1) is 0 Å². The lowest BCUT2D eigenvalue weighted by atomic mass is 9.71. The van der Waals surface area contributed by atoms with Crippen molar-refractivity contribution in [3.63, 3.8) is 0 Å². The minimum absolute atomic E-state index is 0.00985. The molecule has 2 atom stereocenters. The second-order valence-electron chi connectivity index (χ2n) is 8.49. The van der Waals surface area contributed by atoms with E-state index >= 15 is 0 Å². The molecule has 3 rings (SSSR count). The SMILES string of the molecule is CSC(=S)OC1C(C)c2ccccc2C12CCN(C(=O)OC(C)(C)C)CC2. The normalized spacial score (nSPS) is 23.8. The maximum absolute atomic E-state index is 12.5. The van der Waals surface area contributed by atoms with E-state index in [0.717, 1.165) is 12.8 Å². The first kappa shape index (κ1) is 20.5. The fourth-order valence-electron chi connectivity index (χ4n) is 4.48. The van der Waals surface area contributed by atoms with Crippen molar-refractivity contribution in [2.24, 2.45) is 0 Å². The number of nitrogens with zero attached hydrogens (tertiary/aromatic N) is 1. The standard InChI is InChI=1S/C21H29NO3S2/c1-14-15-8-6-7-9-16(15)21(17(14)24-19(26)27-5)10-12-22(13-11-21)18(23)25-20(2,3)4/h6-9,14,17H,10-13H2,1-5H3. The van der Waals surface area contributed by atoms with Gasteiger partial charge in [0.15, 0.2) is 0 Å². The molecular weight excluding hydrogens is 378 g/mol. The summed E-state index contributed by atoms with van der Waals surface area (Å²) in [4.78, 5) is 14.3. The third-order valence-electron chi connectivity index (χ3n) is 5.68. The number of hydrogen-bond acceptors (Lipinski definition) is 5. The van der Waals surface area contributed by atoms with Crippen LogP contribution in [0.5, 0.6) is 0 Å². The lowest BCUT2D eigenvalue weighted by Crippen LogP contribution is -2.51. The van der Waals surface area contributed by atoms with Gasteiger partial charge in [-0.2, -0.15) is 0 Å². The molecule has 1 fully saturated rings. The molecule has 0 saturated carbocycles. The summed E-state index contributed by atoms with van der Waals surface area (Å²) in [6, 6.07) is 8.62. The Morgan fingerprint density at radius 1 is 1.26 bits per heavy atom. The van der Waals surface area contributed by atoms with Gasteiger partial charge in [-0.1, -0.05) is 43.0 Å². The van der Waals surface area contributed by atoms with E-state index in [9.17, 15) is 4.79 Å². The van der Waals surface area contributed by atoms with Crippen LogP contribution in [0.4, 0.5) is 4.79 Å². The van der Waals surface area contributed by atoms with Gasteiger partial charge in [0.05, 0.1) is 0 Å². The van der Waals surface area contributed by atoms with Gasteiger partial charge in [0.1, 0.15) is 11.7 Å². The lowest BCUT2D eigenvalue weighted by Gasteiger charge is -2.44. The van der Waals surface area contributed by atoms with Crippen LogP contribution >= 0.6 is 24.0 Å². The third kappa shape index (κ3) is 3.97. The van der Waals surface area contributed by atoms with Crippen LogP contribution in [0.3, 0.4) is 0 Å². The van der Waals surface area contributed by atoms with Crippen LogP contribution in [0.25, 0.3) is 0 Å². The van der Waals surface area contributed by atoms with E-state index in [4.69, 9.17) is 21.7 Å². The van der Waals surface area contributed by atoms with E-state index in [0.29, 0.717) is 17.5 Å². The summed E-state index contributed by atoms with van der Waals surface area (Å²) >= 11 is 6.87.